The molecule has 0 aromatic heterocycles. The second-order valence-electron chi connectivity index (χ2n) is 6.86. The van der Waals surface area contributed by atoms with E-state index in [2.05, 4.69) is 0 Å². The summed E-state index contributed by atoms with van der Waals surface area (Å²) >= 11 is 4.55. The highest BCUT2D eigenvalue weighted by molar-refractivity contribution is 7.89. The largest absolute Gasteiger partial charge is 0.593 e. The predicted octanol–water partition coefficient (Wildman–Crippen LogP) is 3.89. The topological polar surface area (TPSA) is 99.0 Å². The maximum absolute atomic E-state index is 12.9. The van der Waals surface area contributed by atoms with Crippen molar-refractivity contribution < 1.29 is 19.0 Å². The molecule has 29 heavy (non-hydrogen) atoms. The van der Waals surface area contributed by atoms with Gasteiger partial charge in [0.25, 0.3) is 5.69 Å². The maximum atomic E-state index is 12.9. The van der Waals surface area contributed by atoms with Crippen molar-refractivity contribution >= 4 is 40.4 Å². The molecule has 2 aliphatic rings. The van der Waals surface area contributed by atoms with Crippen LogP contribution < -0.4 is 4.90 Å². The molecule has 1 fully saturated rings. The van der Waals surface area contributed by atoms with Crippen molar-refractivity contribution in [3.63, 3.8) is 0 Å². The van der Waals surface area contributed by atoms with Crippen LogP contribution in [0.5, 0.6) is 0 Å². The van der Waals surface area contributed by atoms with E-state index in [1.165, 1.54) is 18.2 Å². The molecule has 2 heterocycles. The second-order valence-corrected chi connectivity index (χ2v) is 8.78. The Labute approximate surface area is 175 Å². The first-order valence-corrected chi connectivity index (χ1v) is 10.6. The molecule has 4 rings (SSSR count). The number of ether oxygens (including phenoxy) is 1. The number of hydrogen-bond acceptors (Lipinski definition) is 6. The number of amides is 1. The normalized spacial score (nSPS) is 18.8. The Morgan fingerprint density at radius 3 is 2.66 bits per heavy atom. The smallest absolute Gasteiger partial charge is 0.414 e. The number of carbonyl (C=O) groups excluding carboxylic acids is 1. The minimum atomic E-state index is -1.50. The Balaban J connectivity index is 1.47. The lowest BCUT2D eigenvalue weighted by molar-refractivity contribution is -0.385. The number of rotatable bonds is 4. The molecule has 2 aromatic carbocycles. The lowest BCUT2D eigenvalue weighted by Gasteiger charge is -2.39. The average Bonchev–Trinajstić information content (AvgIpc) is 2.73. The Morgan fingerprint density at radius 2 is 1.93 bits per heavy atom. The molecule has 10 heteroatoms. The number of carbonyl (C=O) groups is 1. The fourth-order valence-corrected chi connectivity index (χ4v) is 5.13. The van der Waals surface area contributed by atoms with Crippen molar-refractivity contribution in [2.75, 3.05) is 18.0 Å². The maximum Gasteiger partial charge on any atom is 0.414 e. The highest BCUT2D eigenvalue weighted by Gasteiger charge is 2.37. The van der Waals surface area contributed by atoms with Crippen LogP contribution in [0.4, 0.5) is 16.2 Å². The Morgan fingerprint density at radius 1 is 1.17 bits per heavy atom. The van der Waals surface area contributed by atoms with E-state index in [4.69, 9.17) is 16.3 Å². The van der Waals surface area contributed by atoms with Crippen molar-refractivity contribution in [1.29, 1.82) is 0 Å². The SMILES string of the molecule is O=C1OCc2cc(Cl)ccc2N1C1CCN([S+]([O-])c2cccc([N+](=O)[O-])c2)CC1. The van der Waals surface area contributed by atoms with Crippen LogP contribution in [-0.4, -0.2) is 39.0 Å². The lowest BCUT2D eigenvalue weighted by Crippen LogP contribution is -2.50. The van der Waals surface area contributed by atoms with Gasteiger partial charge in [0.2, 0.25) is 0 Å². The number of fused-ring (bicyclic) bond motifs is 1. The van der Waals surface area contributed by atoms with E-state index in [0.717, 1.165) is 11.3 Å². The number of nitro groups is 1. The summed E-state index contributed by atoms with van der Waals surface area (Å²) in [4.78, 5) is 24.9. The molecule has 1 amide bonds. The first-order valence-electron chi connectivity index (χ1n) is 9.10. The van der Waals surface area contributed by atoms with E-state index < -0.39 is 22.4 Å². The minimum absolute atomic E-state index is 0.0823. The summed E-state index contributed by atoms with van der Waals surface area (Å²) < 4.78 is 19.9. The molecule has 0 bridgehead atoms. The number of cyclic esters (lactones) is 1. The van der Waals surface area contributed by atoms with Gasteiger partial charge < -0.3 is 9.29 Å². The van der Waals surface area contributed by atoms with Crippen LogP contribution >= 0.6 is 11.6 Å². The van der Waals surface area contributed by atoms with Gasteiger partial charge in [-0.15, -0.1) is 4.31 Å². The molecular weight excluding hydrogens is 418 g/mol. The second kappa shape index (κ2) is 8.19. The van der Waals surface area contributed by atoms with Crippen molar-refractivity contribution in [3.05, 3.63) is 63.2 Å². The fraction of sp³-hybridized carbons (Fsp3) is 0.316. The summed E-state index contributed by atoms with van der Waals surface area (Å²) in [6.07, 6.45) is 0.827. The van der Waals surface area contributed by atoms with Crippen LogP contribution in [0.25, 0.3) is 0 Å². The van der Waals surface area contributed by atoms with Crippen LogP contribution in [0.2, 0.25) is 5.02 Å². The van der Waals surface area contributed by atoms with Crippen molar-refractivity contribution in [2.24, 2.45) is 0 Å². The third-order valence-corrected chi connectivity index (χ3v) is 6.83. The van der Waals surface area contributed by atoms with Crippen LogP contribution in [0.15, 0.2) is 47.4 Å². The summed E-state index contributed by atoms with van der Waals surface area (Å²) in [7, 11) is 0. The molecule has 0 N–H and O–H groups in total. The highest BCUT2D eigenvalue weighted by atomic mass is 35.5. The van der Waals surface area contributed by atoms with Gasteiger partial charge >= 0.3 is 6.09 Å². The molecule has 0 aliphatic carbocycles. The Bertz CT molecular complexity index is 951. The van der Waals surface area contributed by atoms with E-state index in [1.54, 1.807) is 27.4 Å². The van der Waals surface area contributed by atoms with Gasteiger partial charge in [-0.1, -0.05) is 17.7 Å². The third-order valence-electron chi connectivity index (χ3n) is 5.10. The van der Waals surface area contributed by atoms with E-state index in [1.807, 2.05) is 6.07 Å². The van der Waals surface area contributed by atoms with Crippen molar-refractivity contribution in [2.45, 2.75) is 30.4 Å². The van der Waals surface area contributed by atoms with Crippen LogP contribution in [-0.2, 0) is 22.7 Å². The summed E-state index contributed by atoms with van der Waals surface area (Å²) in [6.45, 7) is 1.18. The molecule has 0 spiro atoms. The molecule has 152 valence electrons. The summed E-state index contributed by atoms with van der Waals surface area (Å²) in [6, 6.07) is 11.2. The molecule has 1 atom stereocenters. The molecule has 1 unspecified atom stereocenters. The van der Waals surface area contributed by atoms with E-state index in [-0.39, 0.29) is 18.3 Å². The van der Waals surface area contributed by atoms with Gasteiger partial charge in [0, 0.05) is 35.8 Å². The predicted molar refractivity (Wildman–Crippen MR) is 108 cm³/mol. The number of non-ortho nitro benzene ring substituents is 1. The van der Waals surface area contributed by atoms with E-state index in [9.17, 15) is 19.5 Å². The number of nitrogens with zero attached hydrogens (tertiary/aromatic N) is 3. The molecular formula is C19H18ClN3O5S. The molecule has 8 nitrogen and oxygen atoms in total. The number of hydrogen-bond donors (Lipinski definition) is 0. The van der Waals surface area contributed by atoms with E-state index in [0.29, 0.717) is 35.8 Å². The monoisotopic (exact) mass is 435 g/mol. The zero-order valence-electron chi connectivity index (χ0n) is 15.3. The van der Waals surface area contributed by atoms with Gasteiger partial charge in [-0.05, 0) is 37.1 Å². The quantitative estimate of drug-likeness (QED) is 0.410. The number of anilines is 1. The number of halogens is 1. The number of nitro benzene ring substituents is 1. The van der Waals surface area contributed by atoms with Crippen LogP contribution in [0.3, 0.4) is 0 Å². The lowest BCUT2D eigenvalue weighted by atomic mass is 10.0. The van der Waals surface area contributed by atoms with Crippen LogP contribution in [0.1, 0.15) is 18.4 Å². The van der Waals surface area contributed by atoms with Crippen molar-refractivity contribution in [1.82, 2.24) is 4.31 Å². The summed E-state index contributed by atoms with van der Waals surface area (Å²) in [5.74, 6) is 0. The van der Waals surface area contributed by atoms with Gasteiger partial charge in [-0.2, -0.15) is 0 Å². The third kappa shape index (κ3) is 4.04. The van der Waals surface area contributed by atoms with E-state index >= 15 is 0 Å². The van der Waals surface area contributed by atoms with Gasteiger partial charge in [0.05, 0.1) is 28.0 Å². The van der Waals surface area contributed by atoms with Gasteiger partial charge in [0.15, 0.2) is 4.90 Å². The molecule has 0 saturated carbocycles. The molecule has 2 aromatic rings. The number of benzene rings is 2. The Kier molecular flexibility index (Phi) is 5.64. The Hall–Kier alpha value is -2.33. The first-order chi connectivity index (χ1) is 13.9. The van der Waals surface area contributed by atoms with Gasteiger partial charge in [-0.25, -0.2) is 4.79 Å². The summed E-state index contributed by atoms with van der Waals surface area (Å²) in [5, 5.41) is 11.5. The highest BCUT2D eigenvalue weighted by Crippen LogP contribution is 2.34. The first kappa shape index (κ1) is 20.0. The average molecular weight is 436 g/mol. The molecule has 1 saturated heterocycles. The summed E-state index contributed by atoms with van der Waals surface area (Å²) in [5.41, 5.74) is 1.57. The number of piperidine rings is 1. The van der Waals surface area contributed by atoms with Crippen LogP contribution in [0, 0.1) is 10.1 Å². The molecule has 2 aliphatic heterocycles. The minimum Gasteiger partial charge on any atom is -0.593 e. The molecule has 0 radical (unpaired) electrons. The van der Waals surface area contributed by atoms with Gasteiger partial charge in [0.1, 0.15) is 6.61 Å². The van der Waals surface area contributed by atoms with Crippen molar-refractivity contribution in [3.8, 4) is 0 Å². The zero-order valence-corrected chi connectivity index (χ0v) is 16.9. The fourth-order valence-electron chi connectivity index (χ4n) is 3.68. The van der Waals surface area contributed by atoms with Gasteiger partial charge in [-0.3, -0.25) is 15.0 Å². The zero-order chi connectivity index (χ0) is 20.5. The standard InChI is InChI=1S/C19H18ClN3O5S/c20-14-4-5-18-13(10-14)12-28-19(24)22(18)15-6-8-21(9-7-15)29(27)17-3-1-2-16(11-17)23(25)26/h1-5,10-11,15H,6-9,12H2.